The fourth-order valence-corrected chi connectivity index (χ4v) is 4.11. The average molecular weight is 437 g/mol. The van der Waals surface area contributed by atoms with Crippen molar-refractivity contribution in [1.82, 2.24) is 15.1 Å². The Morgan fingerprint density at radius 1 is 1.00 bits per heavy atom. The molecule has 6 nitrogen and oxygen atoms in total. The predicted octanol–water partition coefficient (Wildman–Crippen LogP) is 4.33. The molecule has 5 rings (SSSR count). The highest BCUT2D eigenvalue weighted by Crippen LogP contribution is 2.29. The van der Waals surface area contributed by atoms with Crippen LogP contribution in [0, 0.1) is 0 Å². The van der Waals surface area contributed by atoms with Gasteiger partial charge in [0, 0.05) is 30.3 Å². The van der Waals surface area contributed by atoms with E-state index in [-0.39, 0.29) is 12.5 Å². The largest absolute Gasteiger partial charge is 0.445 e. The minimum atomic E-state index is -1.27. The lowest BCUT2D eigenvalue weighted by molar-refractivity contribution is -0.139. The van der Waals surface area contributed by atoms with Crippen molar-refractivity contribution in [1.29, 1.82) is 0 Å². The molecule has 0 radical (unpaired) electrons. The maximum Gasteiger partial charge on any atom is 0.339 e. The molecule has 0 bridgehead atoms. The van der Waals surface area contributed by atoms with Gasteiger partial charge in [-0.2, -0.15) is 5.10 Å². The van der Waals surface area contributed by atoms with Crippen molar-refractivity contribution in [2.75, 3.05) is 0 Å². The molecule has 0 saturated carbocycles. The van der Waals surface area contributed by atoms with Gasteiger partial charge in [-0.05, 0) is 30.7 Å². The van der Waals surface area contributed by atoms with Gasteiger partial charge in [-0.15, -0.1) is 0 Å². The van der Waals surface area contributed by atoms with Crippen molar-refractivity contribution < 1.29 is 14.3 Å². The molecule has 1 aliphatic heterocycles. The highest BCUT2D eigenvalue weighted by atomic mass is 16.6. The number of amides is 1. The number of ether oxygens (including phenoxy) is 1. The van der Waals surface area contributed by atoms with E-state index in [0.29, 0.717) is 12.0 Å². The highest BCUT2D eigenvalue weighted by Gasteiger charge is 2.42. The number of hydrogen-bond donors (Lipinski definition) is 1. The topological polar surface area (TPSA) is 73.2 Å². The van der Waals surface area contributed by atoms with Crippen LogP contribution in [0.3, 0.4) is 0 Å². The molecule has 1 atom stereocenters. The molecule has 1 aromatic heterocycles. The first-order chi connectivity index (χ1) is 16.0. The number of fused-ring (bicyclic) bond motifs is 1. The quantitative estimate of drug-likeness (QED) is 0.472. The molecule has 1 aliphatic rings. The number of para-hydroxylation sites is 1. The van der Waals surface area contributed by atoms with Gasteiger partial charge < -0.3 is 10.1 Å². The van der Waals surface area contributed by atoms with E-state index in [2.05, 4.69) is 5.32 Å². The summed E-state index contributed by atoms with van der Waals surface area (Å²) < 4.78 is 7.38. The van der Waals surface area contributed by atoms with E-state index in [4.69, 9.17) is 9.84 Å². The van der Waals surface area contributed by atoms with Crippen LogP contribution in [-0.4, -0.2) is 27.3 Å². The van der Waals surface area contributed by atoms with Crippen molar-refractivity contribution in [2.45, 2.75) is 25.5 Å². The number of nitrogens with zero attached hydrogens (tertiary/aromatic N) is 2. The van der Waals surface area contributed by atoms with Gasteiger partial charge in [-0.1, -0.05) is 66.7 Å². The van der Waals surface area contributed by atoms with Gasteiger partial charge in [-0.3, -0.25) is 4.79 Å². The van der Waals surface area contributed by atoms with E-state index in [9.17, 15) is 9.59 Å². The summed E-state index contributed by atoms with van der Waals surface area (Å²) in [5.41, 5.74) is 3.60. The Hall–Kier alpha value is -4.19. The number of esters is 1. The van der Waals surface area contributed by atoms with Crippen LogP contribution >= 0.6 is 0 Å². The standard InChI is InChI=1S/C27H23N3O3/c1-27(16-20-12-8-9-15-23(20)25(31)33-27)26(32)28-17-21-18-30(22-13-6-3-7-14-22)29-24(21)19-10-4-2-5-11-19/h2-15,18H,16-17H2,1H3,(H,28,32)/t27-/m1/s1. The van der Waals surface area contributed by atoms with Gasteiger partial charge >= 0.3 is 5.97 Å². The fourth-order valence-electron chi connectivity index (χ4n) is 4.11. The summed E-state index contributed by atoms with van der Waals surface area (Å²) >= 11 is 0. The molecular weight excluding hydrogens is 414 g/mol. The second kappa shape index (κ2) is 8.39. The highest BCUT2D eigenvalue weighted by molar-refractivity contribution is 5.97. The Morgan fingerprint density at radius 3 is 2.42 bits per heavy atom. The van der Waals surface area contributed by atoms with Gasteiger partial charge in [0.25, 0.3) is 5.91 Å². The second-order valence-corrected chi connectivity index (χ2v) is 8.29. The molecule has 0 saturated heterocycles. The van der Waals surface area contributed by atoms with Crippen LogP contribution in [0.15, 0.2) is 91.1 Å². The summed E-state index contributed by atoms with van der Waals surface area (Å²) in [5.74, 6) is -0.812. The van der Waals surface area contributed by atoms with E-state index in [1.54, 1.807) is 19.1 Å². The monoisotopic (exact) mass is 437 g/mol. The van der Waals surface area contributed by atoms with Gasteiger partial charge in [0.15, 0.2) is 5.60 Å². The molecule has 0 fully saturated rings. The van der Waals surface area contributed by atoms with Crippen LogP contribution in [0.2, 0.25) is 0 Å². The Labute approximate surface area is 191 Å². The summed E-state index contributed by atoms with van der Waals surface area (Å²) in [6.07, 6.45) is 2.25. The Bertz CT molecular complexity index is 1310. The van der Waals surface area contributed by atoms with Crippen LogP contribution in [0.25, 0.3) is 16.9 Å². The molecule has 6 heteroatoms. The first-order valence-electron chi connectivity index (χ1n) is 10.8. The Kier molecular flexibility index (Phi) is 5.26. The van der Waals surface area contributed by atoms with Crippen molar-refractivity contribution >= 4 is 11.9 Å². The third-order valence-electron chi connectivity index (χ3n) is 5.86. The minimum Gasteiger partial charge on any atom is -0.445 e. The number of cyclic esters (lactones) is 1. The van der Waals surface area contributed by atoms with Crippen LogP contribution < -0.4 is 5.32 Å². The molecule has 0 unspecified atom stereocenters. The van der Waals surface area contributed by atoms with Gasteiger partial charge in [0.2, 0.25) is 0 Å². The van der Waals surface area contributed by atoms with Gasteiger partial charge in [0.1, 0.15) is 0 Å². The molecule has 33 heavy (non-hydrogen) atoms. The molecule has 0 spiro atoms. The van der Waals surface area contributed by atoms with E-state index in [0.717, 1.165) is 28.1 Å². The van der Waals surface area contributed by atoms with Crippen LogP contribution in [0.4, 0.5) is 0 Å². The van der Waals surface area contributed by atoms with Crippen molar-refractivity contribution in [3.63, 3.8) is 0 Å². The molecule has 4 aromatic rings. The molecular formula is C27H23N3O3. The summed E-state index contributed by atoms with van der Waals surface area (Å²) in [7, 11) is 0. The van der Waals surface area contributed by atoms with Crippen LogP contribution in [0.1, 0.15) is 28.4 Å². The zero-order chi connectivity index (χ0) is 22.8. The minimum absolute atomic E-state index is 0.255. The average Bonchev–Trinajstić information content (AvgIpc) is 3.28. The third kappa shape index (κ3) is 4.03. The fraction of sp³-hybridized carbons (Fsp3) is 0.148. The maximum atomic E-state index is 13.2. The molecule has 1 N–H and O–H groups in total. The number of rotatable bonds is 5. The lowest BCUT2D eigenvalue weighted by Gasteiger charge is -2.33. The molecule has 2 heterocycles. The molecule has 1 amide bonds. The first-order valence-corrected chi connectivity index (χ1v) is 10.8. The van der Waals surface area contributed by atoms with Gasteiger partial charge in [-0.25, -0.2) is 9.48 Å². The maximum absolute atomic E-state index is 13.2. The van der Waals surface area contributed by atoms with E-state index in [1.807, 2.05) is 83.7 Å². The zero-order valence-corrected chi connectivity index (χ0v) is 18.2. The summed E-state index contributed by atoms with van der Waals surface area (Å²) in [4.78, 5) is 25.6. The van der Waals surface area contributed by atoms with Crippen molar-refractivity contribution in [3.8, 4) is 16.9 Å². The number of benzene rings is 3. The van der Waals surface area contributed by atoms with Gasteiger partial charge in [0.05, 0.1) is 16.9 Å². The third-order valence-corrected chi connectivity index (χ3v) is 5.86. The van der Waals surface area contributed by atoms with Crippen molar-refractivity contribution in [3.05, 3.63) is 108 Å². The summed E-state index contributed by atoms with van der Waals surface area (Å²) in [5, 5.41) is 7.75. The second-order valence-electron chi connectivity index (χ2n) is 8.29. The first kappa shape index (κ1) is 20.7. The normalized spacial score (nSPS) is 17.2. The number of carbonyl (C=O) groups is 2. The smallest absolute Gasteiger partial charge is 0.339 e. The van der Waals surface area contributed by atoms with Crippen LogP contribution in [0.5, 0.6) is 0 Å². The Balaban J connectivity index is 1.41. The van der Waals surface area contributed by atoms with E-state index >= 15 is 0 Å². The molecule has 0 aliphatic carbocycles. The number of carbonyl (C=O) groups excluding carboxylic acids is 2. The van der Waals surface area contributed by atoms with Crippen LogP contribution in [-0.2, 0) is 22.5 Å². The lowest BCUT2D eigenvalue weighted by Crippen LogP contribution is -2.51. The zero-order valence-electron chi connectivity index (χ0n) is 18.2. The Morgan fingerprint density at radius 2 is 1.67 bits per heavy atom. The van der Waals surface area contributed by atoms with Crippen molar-refractivity contribution in [2.24, 2.45) is 0 Å². The number of nitrogens with one attached hydrogen (secondary N) is 1. The summed E-state index contributed by atoms with van der Waals surface area (Å²) in [6.45, 7) is 1.91. The predicted molar refractivity (Wildman–Crippen MR) is 125 cm³/mol. The SMILES string of the molecule is C[C@]1(C(=O)NCc2cn(-c3ccccc3)nc2-c2ccccc2)Cc2ccccc2C(=O)O1. The van der Waals surface area contributed by atoms with E-state index < -0.39 is 11.6 Å². The lowest BCUT2D eigenvalue weighted by atomic mass is 9.89. The summed E-state index contributed by atoms with van der Waals surface area (Å²) in [6, 6.07) is 26.9. The molecule has 164 valence electrons. The molecule has 3 aromatic carbocycles. The number of aromatic nitrogens is 2. The van der Waals surface area contributed by atoms with E-state index in [1.165, 1.54) is 0 Å². The number of hydrogen-bond acceptors (Lipinski definition) is 4.